The molecule has 1 aromatic rings. The Hall–Kier alpha value is -0.390. The predicted molar refractivity (Wildman–Crippen MR) is 69.7 cm³/mol. The third-order valence-electron chi connectivity index (χ3n) is 2.87. The zero-order valence-electron chi connectivity index (χ0n) is 9.62. The van der Waals surface area contributed by atoms with Crippen LogP contribution in [0.5, 0.6) is 0 Å². The molecule has 2 N–H and O–H groups in total. The van der Waals surface area contributed by atoms with Gasteiger partial charge in [-0.2, -0.15) is 0 Å². The van der Waals surface area contributed by atoms with E-state index < -0.39 is 0 Å². The molecule has 1 rings (SSSR count). The lowest BCUT2D eigenvalue weighted by atomic mass is 9.79. The highest BCUT2D eigenvalue weighted by molar-refractivity contribution is 9.10. The van der Waals surface area contributed by atoms with Gasteiger partial charge in [0.1, 0.15) is 0 Å². The predicted octanol–water partition coefficient (Wildman–Crippen LogP) is 2.68. The van der Waals surface area contributed by atoms with Crippen LogP contribution in [0.25, 0.3) is 0 Å². The van der Waals surface area contributed by atoms with E-state index in [0.29, 0.717) is 6.42 Å². The van der Waals surface area contributed by atoms with Crippen LogP contribution in [-0.2, 0) is 14.9 Å². The fraction of sp³-hybridized carbons (Fsp3) is 0.545. The maximum atomic E-state index is 11.4. The second-order valence-corrected chi connectivity index (χ2v) is 5.92. The SMILES string of the molecule is COC(=O)CC(C)(c1cc(Br)cs1)C(C)N. The smallest absolute Gasteiger partial charge is 0.306 e. The quantitative estimate of drug-likeness (QED) is 0.870. The van der Waals surface area contributed by atoms with E-state index in [9.17, 15) is 4.79 Å². The number of thiophene rings is 1. The average Bonchev–Trinajstić information content (AvgIpc) is 2.64. The zero-order chi connectivity index (χ0) is 12.3. The van der Waals surface area contributed by atoms with Crippen LogP contribution in [0.4, 0.5) is 0 Å². The van der Waals surface area contributed by atoms with Gasteiger partial charge in [0, 0.05) is 26.2 Å². The minimum atomic E-state index is -0.371. The van der Waals surface area contributed by atoms with Gasteiger partial charge in [0.25, 0.3) is 0 Å². The third-order valence-corrected chi connectivity index (χ3v) is 4.85. The molecule has 16 heavy (non-hydrogen) atoms. The second-order valence-electron chi connectivity index (χ2n) is 4.09. The normalized spacial score (nSPS) is 16.6. The van der Waals surface area contributed by atoms with E-state index in [1.165, 1.54) is 7.11 Å². The fourth-order valence-electron chi connectivity index (χ4n) is 1.46. The van der Waals surface area contributed by atoms with Gasteiger partial charge in [-0.05, 0) is 28.9 Å². The number of esters is 1. The van der Waals surface area contributed by atoms with Crippen molar-refractivity contribution in [3.05, 3.63) is 20.8 Å². The van der Waals surface area contributed by atoms with Crippen LogP contribution < -0.4 is 5.73 Å². The van der Waals surface area contributed by atoms with Crippen molar-refractivity contribution in [3.8, 4) is 0 Å². The highest BCUT2D eigenvalue weighted by Gasteiger charge is 2.35. The number of halogens is 1. The zero-order valence-corrected chi connectivity index (χ0v) is 12.0. The summed E-state index contributed by atoms with van der Waals surface area (Å²) in [6, 6.07) is 1.90. The van der Waals surface area contributed by atoms with E-state index in [4.69, 9.17) is 10.5 Å². The molecule has 0 radical (unpaired) electrons. The molecule has 0 saturated heterocycles. The molecule has 0 saturated carbocycles. The molecule has 2 atom stereocenters. The summed E-state index contributed by atoms with van der Waals surface area (Å²) in [7, 11) is 1.40. The van der Waals surface area contributed by atoms with Crippen molar-refractivity contribution in [1.29, 1.82) is 0 Å². The molecule has 0 bridgehead atoms. The van der Waals surface area contributed by atoms with Gasteiger partial charge in [-0.25, -0.2) is 0 Å². The van der Waals surface area contributed by atoms with E-state index in [0.717, 1.165) is 9.35 Å². The van der Waals surface area contributed by atoms with Gasteiger partial charge in [0.15, 0.2) is 0 Å². The van der Waals surface area contributed by atoms with Crippen LogP contribution in [0, 0.1) is 0 Å². The van der Waals surface area contributed by atoms with Crippen molar-refractivity contribution in [3.63, 3.8) is 0 Å². The Balaban J connectivity index is 3.01. The summed E-state index contributed by atoms with van der Waals surface area (Å²) >= 11 is 5.01. The van der Waals surface area contributed by atoms with Crippen molar-refractivity contribution >= 4 is 33.2 Å². The van der Waals surface area contributed by atoms with Crippen molar-refractivity contribution < 1.29 is 9.53 Å². The minimum Gasteiger partial charge on any atom is -0.469 e. The fourth-order valence-corrected chi connectivity index (χ4v) is 3.15. The molecule has 0 aliphatic rings. The summed E-state index contributed by atoms with van der Waals surface area (Å²) in [4.78, 5) is 12.5. The maximum absolute atomic E-state index is 11.4. The highest BCUT2D eigenvalue weighted by atomic mass is 79.9. The molecular formula is C11H16BrNO2S. The molecule has 1 heterocycles. The molecule has 0 fully saturated rings. The maximum Gasteiger partial charge on any atom is 0.306 e. The molecule has 0 spiro atoms. The molecule has 5 heteroatoms. The summed E-state index contributed by atoms with van der Waals surface area (Å²) in [6.07, 6.45) is 0.300. The van der Waals surface area contributed by atoms with Crippen LogP contribution in [-0.4, -0.2) is 19.1 Å². The minimum absolute atomic E-state index is 0.114. The van der Waals surface area contributed by atoms with Gasteiger partial charge in [-0.15, -0.1) is 11.3 Å². The lowest BCUT2D eigenvalue weighted by Crippen LogP contribution is -2.42. The third kappa shape index (κ3) is 2.84. The topological polar surface area (TPSA) is 52.3 Å². The van der Waals surface area contributed by atoms with Gasteiger partial charge in [0.2, 0.25) is 0 Å². The molecule has 1 aromatic heterocycles. The molecule has 0 amide bonds. The van der Waals surface area contributed by atoms with Crippen molar-refractivity contribution in [2.24, 2.45) is 5.73 Å². The summed E-state index contributed by atoms with van der Waals surface area (Å²) in [5, 5.41) is 1.99. The Morgan fingerprint density at radius 1 is 1.75 bits per heavy atom. The second kappa shape index (κ2) is 5.29. The Morgan fingerprint density at radius 3 is 2.75 bits per heavy atom. The monoisotopic (exact) mass is 305 g/mol. The molecule has 90 valence electrons. The number of hydrogen-bond donors (Lipinski definition) is 1. The Labute approximate surface area is 108 Å². The number of methoxy groups -OCH3 is 1. The number of carbonyl (C=O) groups excluding carboxylic acids is 1. The first-order valence-electron chi connectivity index (χ1n) is 4.97. The Bertz CT molecular complexity index is 378. The first kappa shape index (κ1) is 13.7. The molecule has 0 aliphatic carbocycles. The van der Waals surface area contributed by atoms with E-state index in [2.05, 4.69) is 15.9 Å². The van der Waals surface area contributed by atoms with Gasteiger partial charge >= 0.3 is 5.97 Å². The van der Waals surface area contributed by atoms with E-state index >= 15 is 0 Å². The first-order valence-corrected chi connectivity index (χ1v) is 6.64. The summed E-state index contributed by atoms with van der Waals surface area (Å²) in [5.74, 6) is -0.232. The van der Waals surface area contributed by atoms with Gasteiger partial charge < -0.3 is 10.5 Å². The van der Waals surface area contributed by atoms with E-state index in [1.807, 2.05) is 25.3 Å². The molecule has 3 nitrogen and oxygen atoms in total. The summed E-state index contributed by atoms with van der Waals surface area (Å²) < 4.78 is 5.74. The van der Waals surface area contributed by atoms with E-state index in [1.54, 1.807) is 11.3 Å². The Morgan fingerprint density at radius 2 is 2.38 bits per heavy atom. The molecule has 2 unspecified atom stereocenters. The highest BCUT2D eigenvalue weighted by Crippen LogP contribution is 2.36. The van der Waals surface area contributed by atoms with Crippen LogP contribution in [0.3, 0.4) is 0 Å². The number of rotatable bonds is 4. The van der Waals surface area contributed by atoms with Crippen molar-refractivity contribution in [1.82, 2.24) is 0 Å². The lowest BCUT2D eigenvalue weighted by molar-refractivity contribution is -0.142. The molecular weight excluding hydrogens is 290 g/mol. The van der Waals surface area contributed by atoms with Gasteiger partial charge in [0.05, 0.1) is 13.5 Å². The summed E-state index contributed by atoms with van der Waals surface area (Å²) in [5.41, 5.74) is 5.63. The van der Waals surface area contributed by atoms with Gasteiger partial charge in [-0.1, -0.05) is 6.92 Å². The van der Waals surface area contributed by atoms with Crippen molar-refractivity contribution in [2.75, 3.05) is 7.11 Å². The van der Waals surface area contributed by atoms with Crippen LogP contribution in [0.2, 0.25) is 0 Å². The number of nitrogens with two attached hydrogens (primary N) is 1. The van der Waals surface area contributed by atoms with Crippen LogP contribution in [0.1, 0.15) is 25.1 Å². The average molecular weight is 306 g/mol. The van der Waals surface area contributed by atoms with Crippen molar-refractivity contribution in [2.45, 2.75) is 31.7 Å². The number of hydrogen-bond acceptors (Lipinski definition) is 4. The largest absolute Gasteiger partial charge is 0.469 e. The summed E-state index contributed by atoms with van der Waals surface area (Å²) in [6.45, 7) is 3.91. The Kier molecular flexibility index (Phi) is 4.52. The lowest BCUT2D eigenvalue weighted by Gasteiger charge is -2.31. The van der Waals surface area contributed by atoms with Crippen LogP contribution >= 0.6 is 27.3 Å². The number of ether oxygens (including phenoxy) is 1. The van der Waals surface area contributed by atoms with E-state index in [-0.39, 0.29) is 17.4 Å². The molecule has 0 aliphatic heterocycles. The van der Waals surface area contributed by atoms with Crippen LogP contribution in [0.15, 0.2) is 15.9 Å². The standard InChI is InChI=1S/C11H16BrNO2S/c1-7(13)11(2,5-10(14)15-3)9-4-8(12)6-16-9/h4,6-7H,5,13H2,1-3H3. The van der Waals surface area contributed by atoms with Gasteiger partial charge in [-0.3, -0.25) is 4.79 Å². The first-order chi connectivity index (χ1) is 7.40. The number of carbonyl (C=O) groups is 1. The molecule has 0 aromatic carbocycles.